The molecule has 0 aromatic heterocycles. The van der Waals surface area contributed by atoms with E-state index in [0.717, 1.165) is 88.9 Å². The predicted octanol–water partition coefficient (Wildman–Crippen LogP) is 16.3. The summed E-state index contributed by atoms with van der Waals surface area (Å²) in [6, 6.07) is 32.6. The second-order valence-corrected chi connectivity index (χ2v) is 45.8. The van der Waals surface area contributed by atoms with E-state index < -0.39 is 32.5 Å². The van der Waals surface area contributed by atoms with Gasteiger partial charge in [0.25, 0.3) is 0 Å². The standard InChI is InChI=1S/C27H48O4Si.C21H34O2.C20H19P.C19H30O3.H2O/c1-24(2,3)32(6,7)31-19-10-12-25(4)18(16-19)8-9-20-21-11-13-27(29-14-15-30-27)26(21,5)23(28)17-22(20)25;1-4-13-6-8-17-16-7-5-14-11-15(22)9-10-20(14,2)18(16)12-19(23)21(13,17)3;1-2-21(18-12-6-3-7-13-18,19-14-8-4-9-15-19)20-16-10-5-11-17-20;1-18-8-7-12(20)9-11(18)3-4-13-14-5-6-16(21)19(14,2)17(22)10-15(13)18;/h18-23,28H,8-17H2,1-7H3;4,14-19,22-23H,5-12H2,1-3H3;2-17H,1H3;11-15,17,20,22H,3-10H2,1-2H3;1H2/p+1/b;13-4+;;;/t18-,19-,20?,21?,22?,23+,25+,26-;14-,15-,16?,17?,18?,19+,20+,21-;;11-,12-,13?,14?,15?,17+,18+,19+;/m11.1./s1. The number of ether oxygens (including phenoxy) is 2. The zero-order chi connectivity index (χ0) is 69.8. The summed E-state index contributed by atoms with van der Waals surface area (Å²) in [7, 11) is -1.73. The smallest absolute Gasteiger partial charge is 0.192 e. The molecule has 16 rings (SSSR count). The Balaban J connectivity index is 0.000000127. The number of Topliss-reactive ketones (excluding diaryl/α,β-unsaturated/α-hetero) is 1. The first-order valence-corrected chi connectivity index (χ1v) is 44.7. The van der Waals surface area contributed by atoms with E-state index in [1.807, 2.05) is 6.92 Å². The second-order valence-electron chi connectivity index (χ2n) is 37.5. The number of aliphatic hydroxyl groups is 5. The van der Waals surface area contributed by atoms with Crippen LogP contribution in [0.2, 0.25) is 18.1 Å². The molecule has 550 valence electrons. The average molecular weight is 1400 g/mol. The van der Waals surface area contributed by atoms with Gasteiger partial charge in [-0.3, -0.25) is 4.79 Å². The van der Waals surface area contributed by atoms with Crippen LogP contribution in [0.4, 0.5) is 0 Å². The molecule has 0 amide bonds. The van der Waals surface area contributed by atoms with Crippen molar-refractivity contribution in [1.29, 1.82) is 0 Å². The van der Waals surface area contributed by atoms with Crippen LogP contribution < -0.4 is 15.9 Å². The first kappa shape index (κ1) is 75.9. The van der Waals surface area contributed by atoms with Crippen LogP contribution >= 0.6 is 6.89 Å². The highest BCUT2D eigenvalue weighted by Gasteiger charge is 2.71. The summed E-state index contributed by atoms with van der Waals surface area (Å²) in [6.45, 7) is 30.0. The minimum absolute atomic E-state index is 0. The fourth-order valence-electron chi connectivity index (χ4n) is 26.2. The third-order valence-corrected chi connectivity index (χ3v) is 41.7. The third-order valence-electron chi connectivity index (χ3n) is 33.1. The Hall–Kier alpha value is -2.77. The third kappa shape index (κ3) is 12.5. The van der Waals surface area contributed by atoms with E-state index in [2.05, 4.69) is 185 Å². The van der Waals surface area contributed by atoms with E-state index in [9.17, 15) is 30.3 Å². The van der Waals surface area contributed by atoms with Gasteiger partial charge in [0.05, 0.1) is 54.6 Å². The van der Waals surface area contributed by atoms with Crippen molar-refractivity contribution in [2.45, 2.75) is 291 Å². The number of benzene rings is 3. The van der Waals surface area contributed by atoms with Crippen LogP contribution in [0.3, 0.4) is 0 Å². The van der Waals surface area contributed by atoms with Gasteiger partial charge in [0.1, 0.15) is 5.78 Å². The minimum atomic E-state index is -1.73. The molecule has 12 aliphatic carbocycles. The van der Waals surface area contributed by atoms with Crippen molar-refractivity contribution in [2.75, 3.05) is 13.2 Å². The molecule has 8 N–H and O–H groups in total. The zero-order valence-corrected chi connectivity index (χ0v) is 65.4. The number of rotatable bonds is 5. The SMILES string of the molecule is C/C=C1\CCC2C3CC[C@@H]4C[C@H](O)CC[C@]4(C)C3C[C@H](O)[C@]12C.CC(C)(C)[Si](C)(C)O[C@@H]1CC[C@]2(C)C3C[C@H](O)[C@@]4(C)C(CCC45OCCO5)C3CC[C@@H]2C1.CC=P(c1ccccc1)(c1ccccc1)c1ccccc1.C[C@]12CC[C@@H](O)C[C@H]1CCC1C2C[C@H](O)[C@]2(C)C(=O)CCC12.[OH3+]. The molecule has 13 fully saturated rings. The number of allylic oxidation sites excluding steroid dienone is 1. The summed E-state index contributed by atoms with van der Waals surface area (Å²) in [4.78, 5) is 12.4. The van der Waals surface area contributed by atoms with Crippen LogP contribution in [0, 0.1) is 104 Å². The van der Waals surface area contributed by atoms with Crippen molar-refractivity contribution in [3.8, 4) is 0 Å². The Bertz CT molecular complexity index is 3240. The molecule has 0 bridgehead atoms. The predicted molar refractivity (Wildman–Crippen MR) is 409 cm³/mol. The lowest BCUT2D eigenvalue weighted by Crippen LogP contribution is -2.62. The van der Waals surface area contributed by atoms with E-state index in [1.165, 1.54) is 92.1 Å². The van der Waals surface area contributed by atoms with Gasteiger partial charge in [-0.2, -0.15) is 0 Å². The van der Waals surface area contributed by atoms with Crippen molar-refractivity contribution < 1.29 is 49.7 Å². The van der Waals surface area contributed by atoms with Gasteiger partial charge < -0.3 is 44.9 Å². The summed E-state index contributed by atoms with van der Waals surface area (Å²) in [5, 5.41) is 58.2. The molecular formula is C87H134O10PSi+. The van der Waals surface area contributed by atoms with Crippen molar-refractivity contribution in [3.05, 3.63) is 103 Å². The molecule has 1 saturated heterocycles. The molecule has 3 aromatic rings. The van der Waals surface area contributed by atoms with Crippen LogP contribution in [0.1, 0.15) is 230 Å². The fraction of sp³-hybridized carbons (Fsp3) is 0.747. The van der Waals surface area contributed by atoms with E-state index in [0.29, 0.717) is 102 Å². The molecular weight excluding hydrogens is 1260 g/mol. The van der Waals surface area contributed by atoms with Crippen LogP contribution in [-0.4, -0.2) is 101 Å². The van der Waals surface area contributed by atoms with Crippen LogP contribution in [0.25, 0.3) is 0 Å². The first-order chi connectivity index (χ1) is 46.5. The maximum Gasteiger partial charge on any atom is 0.192 e. The molecule has 1 heterocycles. The van der Waals surface area contributed by atoms with Gasteiger partial charge in [0, 0.05) is 24.4 Å². The maximum atomic E-state index is 12.4. The van der Waals surface area contributed by atoms with Crippen molar-refractivity contribution >= 4 is 42.7 Å². The average Bonchev–Trinajstić information content (AvgIpc) is 1.62. The number of aliphatic hydroxyl groups excluding tert-OH is 5. The number of carbonyl (C=O) groups is 1. The van der Waals surface area contributed by atoms with Crippen molar-refractivity contribution in [2.24, 2.45) is 104 Å². The quantitative estimate of drug-likeness (QED) is 0.0719. The summed E-state index contributed by atoms with van der Waals surface area (Å²) in [5.74, 6) is 9.70. The van der Waals surface area contributed by atoms with E-state index in [1.54, 1.807) is 0 Å². The van der Waals surface area contributed by atoms with Crippen molar-refractivity contribution in [1.82, 2.24) is 0 Å². The molecule has 1 spiro atoms. The number of hydrogen-bond donors (Lipinski definition) is 5. The highest BCUT2D eigenvalue weighted by Crippen LogP contribution is 2.72. The first-order valence-electron chi connectivity index (χ1n) is 39.9. The van der Waals surface area contributed by atoms with E-state index in [-0.39, 0.29) is 51.2 Å². The zero-order valence-electron chi connectivity index (χ0n) is 63.5. The fourth-order valence-corrected chi connectivity index (χ4v) is 31.3. The monoisotopic (exact) mass is 1400 g/mol. The summed E-state index contributed by atoms with van der Waals surface area (Å²) >= 11 is 0. The molecule has 9 unspecified atom stereocenters. The molecule has 0 radical (unpaired) electrons. The second kappa shape index (κ2) is 28.5. The van der Waals surface area contributed by atoms with Gasteiger partial charge in [0.2, 0.25) is 0 Å². The Labute approximate surface area is 599 Å². The van der Waals surface area contributed by atoms with Gasteiger partial charge in [-0.25, -0.2) is 0 Å². The highest BCUT2D eigenvalue weighted by molar-refractivity contribution is 7.94. The van der Waals surface area contributed by atoms with Gasteiger partial charge in [-0.1, -0.05) is 164 Å². The molecule has 1 aliphatic heterocycles. The molecule has 12 saturated carbocycles. The van der Waals surface area contributed by atoms with Crippen LogP contribution in [0.15, 0.2) is 103 Å². The maximum absolute atomic E-state index is 12.4. The lowest BCUT2D eigenvalue weighted by Gasteiger charge is -2.63. The Kier molecular flexibility index (Phi) is 21.9. The highest BCUT2D eigenvalue weighted by atomic mass is 31.2. The van der Waals surface area contributed by atoms with Gasteiger partial charge in [-0.05, 0) is 290 Å². The number of fused-ring (bicyclic) bond motifs is 16. The number of ketones is 1. The molecule has 10 nitrogen and oxygen atoms in total. The van der Waals surface area contributed by atoms with Gasteiger partial charge >= 0.3 is 0 Å². The van der Waals surface area contributed by atoms with E-state index in [4.69, 9.17) is 13.9 Å². The van der Waals surface area contributed by atoms with Gasteiger partial charge in [-0.15, -0.1) is 0 Å². The molecule has 99 heavy (non-hydrogen) atoms. The lowest BCUT2D eigenvalue weighted by molar-refractivity contribution is -0.279. The normalized spacial score (nSPS) is 44.3. The van der Waals surface area contributed by atoms with Crippen LogP contribution in [-0.2, 0) is 24.2 Å². The molecule has 12 heteroatoms. The topological polar surface area (TPSA) is 179 Å². The van der Waals surface area contributed by atoms with E-state index >= 15 is 0 Å². The summed E-state index contributed by atoms with van der Waals surface area (Å²) < 4.78 is 19.4. The Morgan fingerprint density at radius 3 is 1.35 bits per heavy atom. The largest absolute Gasteiger partial charge is 0.457 e. The molecule has 3 aromatic carbocycles. The van der Waals surface area contributed by atoms with Gasteiger partial charge in [0.15, 0.2) is 14.1 Å². The Morgan fingerprint density at radius 2 is 0.899 bits per heavy atom. The summed E-state index contributed by atoms with van der Waals surface area (Å²) in [5.41, 5.74) is 1.77. The molecule has 13 aliphatic rings. The van der Waals surface area contributed by atoms with Crippen molar-refractivity contribution in [3.63, 3.8) is 0 Å². The lowest BCUT2D eigenvalue weighted by atomic mass is 9.44. The Morgan fingerprint density at radius 1 is 0.485 bits per heavy atom. The summed E-state index contributed by atoms with van der Waals surface area (Å²) in [6.07, 6.45) is 27.8. The van der Waals surface area contributed by atoms with Crippen LogP contribution in [0.5, 0.6) is 0 Å². The number of hydrogen-bond acceptors (Lipinski definition) is 9. The molecule has 24 atom stereocenters. The minimum Gasteiger partial charge on any atom is -0.457 e. The number of carbonyl (C=O) groups excluding carboxylic acids is 1.